The summed E-state index contributed by atoms with van der Waals surface area (Å²) in [5, 5.41) is 3.03. The minimum atomic E-state index is 0.0394. The zero-order valence-corrected chi connectivity index (χ0v) is 13.3. The van der Waals surface area contributed by atoms with Gasteiger partial charge in [-0.1, -0.05) is 6.07 Å². The van der Waals surface area contributed by atoms with Crippen LogP contribution < -0.4 is 0 Å². The van der Waals surface area contributed by atoms with Crippen LogP contribution in [0.5, 0.6) is 0 Å². The van der Waals surface area contributed by atoms with E-state index in [4.69, 9.17) is 0 Å². The van der Waals surface area contributed by atoms with E-state index in [0.717, 1.165) is 25.8 Å². The molecule has 0 saturated carbocycles. The largest absolute Gasteiger partial charge is 0.361 e. The fraction of sp³-hybridized carbons (Fsp3) is 0.133. The van der Waals surface area contributed by atoms with Gasteiger partial charge in [0.1, 0.15) is 0 Å². The van der Waals surface area contributed by atoms with Crippen molar-refractivity contribution < 1.29 is 4.79 Å². The van der Waals surface area contributed by atoms with Gasteiger partial charge in [-0.05, 0) is 51.1 Å². The van der Waals surface area contributed by atoms with Gasteiger partial charge >= 0.3 is 0 Å². The summed E-state index contributed by atoms with van der Waals surface area (Å²) < 4.78 is 1.08. The lowest BCUT2D eigenvalue weighted by Crippen LogP contribution is -2.26. The maximum atomic E-state index is 12.6. The molecule has 1 aromatic carbocycles. The number of carbonyl (C=O) groups is 1. The van der Waals surface area contributed by atoms with Crippen LogP contribution in [0.15, 0.2) is 45.7 Å². The molecule has 2 aromatic heterocycles. The Morgan fingerprint density at radius 2 is 2.25 bits per heavy atom. The predicted octanol–water partition coefficient (Wildman–Crippen LogP) is 4.26. The van der Waals surface area contributed by atoms with Crippen LogP contribution in [0, 0.1) is 0 Å². The summed E-state index contributed by atoms with van der Waals surface area (Å²) in [6, 6.07) is 9.74. The van der Waals surface area contributed by atoms with Crippen molar-refractivity contribution in [3.63, 3.8) is 0 Å². The maximum Gasteiger partial charge on any atom is 0.254 e. The molecule has 20 heavy (non-hydrogen) atoms. The van der Waals surface area contributed by atoms with Crippen LogP contribution in [0.1, 0.15) is 15.9 Å². The lowest BCUT2D eigenvalue weighted by molar-refractivity contribution is 0.0787. The number of amides is 1. The number of carbonyl (C=O) groups excluding carboxylic acids is 1. The van der Waals surface area contributed by atoms with E-state index in [9.17, 15) is 4.79 Å². The van der Waals surface area contributed by atoms with Crippen molar-refractivity contribution in [1.82, 2.24) is 9.88 Å². The normalized spacial score (nSPS) is 10.9. The van der Waals surface area contributed by atoms with Crippen molar-refractivity contribution in [2.45, 2.75) is 6.54 Å². The Hall–Kier alpha value is -1.59. The number of H-pyrrole nitrogens is 1. The number of benzene rings is 1. The predicted molar refractivity (Wildman–Crippen MR) is 86.1 cm³/mol. The Balaban J connectivity index is 1.86. The number of aromatic nitrogens is 1. The third-order valence-electron chi connectivity index (χ3n) is 3.21. The Morgan fingerprint density at radius 3 is 3.00 bits per heavy atom. The zero-order chi connectivity index (χ0) is 14.1. The van der Waals surface area contributed by atoms with E-state index >= 15 is 0 Å². The fourth-order valence-corrected chi connectivity index (χ4v) is 3.45. The number of thiophene rings is 1. The van der Waals surface area contributed by atoms with E-state index in [1.54, 1.807) is 16.2 Å². The summed E-state index contributed by atoms with van der Waals surface area (Å²) in [7, 11) is 1.83. The van der Waals surface area contributed by atoms with Crippen molar-refractivity contribution in [2.24, 2.45) is 0 Å². The van der Waals surface area contributed by atoms with E-state index in [0.29, 0.717) is 6.54 Å². The summed E-state index contributed by atoms with van der Waals surface area (Å²) >= 11 is 5.07. The molecule has 0 bridgehead atoms. The molecule has 0 aliphatic carbocycles. The maximum absolute atomic E-state index is 12.6. The quantitative estimate of drug-likeness (QED) is 0.753. The molecule has 2 heterocycles. The van der Waals surface area contributed by atoms with Gasteiger partial charge in [-0.2, -0.15) is 0 Å². The Kier molecular flexibility index (Phi) is 3.63. The Morgan fingerprint density at radius 1 is 1.40 bits per heavy atom. The molecule has 102 valence electrons. The molecule has 5 heteroatoms. The van der Waals surface area contributed by atoms with Crippen molar-refractivity contribution >= 4 is 44.1 Å². The molecule has 3 nitrogen and oxygen atoms in total. The van der Waals surface area contributed by atoms with Crippen LogP contribution in [-0.4, -0.2) is 22.8 Å². The standard InChI is InChI=1S/C15H13BrN2OS/c1-18(8-10-7-14(16)20-9-10)15(19)12-3-2-4-13-11(12)5-6-17-13/h2-7,9,17H,8H2,1H3. The molecule has 0 unspecified atom stereocenters. The molecule has 0 fully saturated rings. The molecule has 0 saturated heterocycles. The fourth-order valence-electron chi connectivity index (χ4n) is 2.25. The van der Waals surface area contributed by atoms with E-state index in [1.165, 1.54) is 0 Å². The number of nitrogens with zero attached hydrogens (tertiary/aromatic N) is 1. The van der Waals surface area contributed by atoms with E-state index in [2.05, 4.69) is 26.3 Å². The molecule has 1 amide bonds. The second-order valence-corrected chi connectivity index (χ2v) is 6.96. The van der Waals surface area contributed by atoms with Crippen LogP contribution in [0.25, 0.3) is 10.9 Å². The molecule has 3 aromatic rings. The summed E-state index contributed by atoms with van der Waals surface area (Å²) in [5.41, 5.74) is 2.86. The van der Waals surface area contributed by atoms with E-state index < -0.39 is 0 Å². The lowest BCUT2D eigenvalue weighted by Gasteiger charge is -2.17. The van der Waals surface area contributed by atoms with Crippen LogP contribution in [-0.2, 0) is 6.54 Å². The number of nitrogens with one attached hydrogen (secondary N) is 1. The van der Waals surface area contributed by atoms with Gasteiger partial charge in [0.2, 0.25) is 0 Å². The third kappa shape index (κ3) is 2.51. The van der Waals surface area contributed by atoms with Gasteiger partial charge in [-0.3, -0.25) is 4.79 Å². The van der Waals surface area contributed by atoms with Crippen molar-refractivity contribution in [1.29, 1.82) is 0 Å². The average Bonchev–Trinajstić information content (AvgIpc) is 3.06. The van der Waals surface area contributed by atoms with Gasteiger partial charge in [0.05, 0.1) is 3.79 Å². The highest BCUT2D eigenvalue weighted by Gasteiger charge is 2.15. The van der Waals surface area contributed by atoms with Crippen molar-refractivity contribution in [3.8, 4) is 0 Å². The minimum Gasteiger partial charge on any atom is -0.361 e. The first-order valence-electron chi connectivity index (χ1n) is 6.19. The summed E-state index contributed by atoms with van der Waals surface area (Å²) in [6.07, 6.45) is 1.86. The van der Waals surface area contributed by atoms with Gasteiger partial charge in [0.15, 0.2) is 0 Å². The Bertz CT molecular complexity index is 762. The molecule has 0 aliphatic rings. The van der Waals surface area contributed by atoms with Crippen LogP contribution in [0.2, 0.25) is 0 Å². The second kappa shape index (κ2) is 5.42. The van der Waals surface area contributed by atoms with Crippen LogP contribution in [0.3, 0.4) is 0 Å². The van der Waals surface area contributed by atoms with Crippen molar-refractivity contribution in [3.05, 3.63) is 56.8 Å². The summed E-state index contributed by atoms with van der Waals surface area (Å²) in [4.78, 5) is 17.4. The van der Waals surface area contributed by atoms with Gasteiger partial charge in [-0.25, -0.2) is 0 Å². The number of rotatable bonds is 3. The second-order valence-electron chi connectivity index (χ2n) is 4.66. The van der Waals surface area contributed by atoms with Gasteiger partial charge < -0.3 is 9.88 Å². The molecule has 1 N–H and O–H groups in total. The first-order chi connectivity index (χ1) is 9.65. The van der Waals surface area contributed by atoms with Gasteiger partial charge in [0, 0.05) is 36.3 Å². The zero-order valence-electron chi connectivity index (χ0n) is 10.9. The number of fused-ring (bicyclic) bond motifs is 1. The molecule has 3 rings (SSSR count). The first kappa shape index (κ1) is 13.4. The monoisotopic (exact) mass is 348 g/mol. The summed E-state index contributed by atoms with van der Waals surface area (Å²) in [5.74, 6) is 0.0394. The molecule has 0 radical (unpaired) electrons. The number of hydrogen-bond donors (Lipinski definition) is 1. The highest BCUT2D eigenvalue weighted by Crippen LogP contribution is 2.23. The first-order valence-corrected chi connectivity index (χ1v) is 7.87. The van der Waals surface area contributed by atoms with E-state index in [1.807, 2.05) is 43.6 Å². The topological polar surface area (TPSA) is 36.1 Å². The molecule has 0 atom stereocenters. The number of halogens is 1. The third-order valence-corrected chi connectivity index (χ3v) is 4.77. The Labute approximate surface area is 129 Å². The molecule has 0 spiro atoms. The molecular formula is C15H13BrN2OS. The lowest BCUT2D eigenvalue weighted by atomic mass is 10.1. The summed E-state index contributed by atoms with van der Waals surface area (Å²) in [6.45, 7) is 0.613. The minimum absolute atomic E-state index is 0.0394. The number of aromatic amines is 1. The SMILES string of the molecule is CN(Cc1csc(Br)c1)C(=O)c1cccc2[nH]ccc12. The van der Waals surface area contributed by atoms with Crippen LogP contribution in [0.4, 0.5) is 0 Å². The highest BCUT2D eigenvalue weighted by molar-refractivity contribution is 9.11. The molecular weight excluding hydrogens is 336 g/mol. The number of hydrogen-bond acceptors (Lipinski definition) is 2. The smallest absolute Gasteiger partial charge is 0.254 e. The van der Waals surface area contributed by atoms with E-state index in [-0.39, 0.29) is 5.91 Å². The average molecular weight is 349 g/mol. The highest BCUT2D eigenvalue weighted by atomic mass is 79.9. The molecule has 0 aliphatic heterocycles. The van der Waals surface area contributed by atoms with Crippen LogP contribution >= 0.6 is 27.3 Å². The van der Waals surface area contributed by atoms with Gasteiger partial charge in [-0.15, -0.1) is 11.3 Å². The van der Waals surface area contributed by atoms with Crippen molar-refractivity contribution in [2.75, 3.05) is 7.05 Å². The van der Waals surface area contributed by atoms with Gasteiger partial charge in [0.25, 0.3) is 5.91 Å².